The molecule has 6 nitrogen and oxygen atoms in total. The standard InChI is InChI=1S/C25H29FN4O2/c1-17-4-6-21(7-5-17)24-27-25(32-28-24)19(3)29-12-14-30(15-13-29)23(31)16-18(2)20-8-10-22(26)11-9-20/h4-11,18-19H,12-16H2,1-3H3. The van der Waals surface area contributed by atoms with Gasteiger partial charge in [-0.05, 0) is 37.5 Å². The minimum atomic E-state index is -0.259. The maximum absolute atomic E-state index is 13.1. The largest absolute Gasteiger partial charge is 0.340 e. The predicted octanol–water partition coefficient (Wildman–Crippen LogP) is 4.58. The molecule has 0 N–H and O–H groups in total. The summed E-state index contributed by atoms with van der Waals surface area (Å²) in [4.78, 5) is 21.5. The molecule has 32 heavy (non-hydrogen) atoms. The normalized spacial score (nSPS) is 16.7. The van der Waals surface area contributed by atoms with Gasteiger partial charge in [0.05, 0.1) is 6.04 Å². The van der Waals surface area contributed by atoms with Gasteiger partial charge < -0.3 is 9.42 Å². The molecule has 1 aliphatic heterocycles. The second kappa shape index (κ2) is 9.61. The molecule has 1 aliphatic rings. The van der Waals surface area contributed by atoms with E-state index < -0.39 is 0 Å². The molecule has 1 aromatic heterocycles. The number of carbonyl (C=O) groups excluding carboxylic acids is 1. The Bertz CT molecular complexity index is 1040. The number of hydrogen-bond acceptors (Lipinski definition) is 5. The van der Waals surface area contributed by atoms with Gasteiger partial charge in [0.2, 0.25) is 17.6 Å². The van der Waals surface area contributed by atoms with E-state index in [1.807, 2.05) is 43.0 Å². The number of carbonyl (C=O) groups is 1. The molecule has 0 spiro atoms. The number of hydrogen-bond donors (Lipinski definition) is 0. The number of benzene rings is 2. The molecule has 0 aliphatic carbocycles. The Morgan fingerprint density at radius 3 is 2.34 bits per heavy atom. The van der Waals surface area contributed by atoms with E-state index in [9.17, 15) is 9.18 Å². The predicted molar refractivity (Wildman–Crippen MR) is 120 cm³/mol. The minimum absolute atomic E-state index is 0.0166. The van der Waals surface area contributed by atoms with Crippen LogP contribution in [0, 0.1) is 12.7 Å². The van der Waals surface area contributed by atoms with E-state index in [1.54, 1.807) is 12.1 Å². The third-order valence-corrected chi connectivity index (χ3v) is 6.24. The summed E-state index contributed by atoms with van der Waals surface area (Å²) in [6.07, 6.45) is 0.421. The molecular formula is C25H29FN4O2. The molecule has 7 heteroatoms. The van der Waals surface area contributed by atoms with E-state index in [2.05, 4.69) is 22.0 Å². The number of piperazine rings is 1. The summed E-state index contributed by atoms with van der Waals surface area (Å²) in [5.74, 6) is 1.11. The summed E-state index contributed by atoms with van der Waals surface area (Å²) in [6.45, 7) is 8.93. The second-order valence-electron chi connectivity index (χ2n) is 8.57. The van der Waals surface area contributed by atoms with Crippen molar-refractivity contribution in [1.82, 2.24) is 19.9 Å². The van der Waals surface area contributed by atoms with Crippen LogP contribution in [0.3, 0.4) is 0 Å². The van der Waals surface area contributed by atoms with E-state index >= 15 is 0 Å². The van der Waals surface area contributed by atoms with Crippen molar-refractivity contribution in [3.05, 3.63) is 71.4 Å². The molecule has 2 heterocycles. The van der Waals surface area contributed by atoms with Gasteiger partial charge in [0.25, 0.3) is 0 Å². The van der Waals surface area contributed by atoms with Crippen molar-refractivity contribution in [3.8, 4) is 11.4 Å². The molecule has 2 atom stereocenters. The van der Waals surface area contributed by atoms with E-state index in [0.717, 1.165) is 24.2 Å². The molecule has 0 bridgehead atoms. The molecule has 2 unspecified atom stereocenters. The molecule has 1 fully saturated rings. The summed E-state index contributed by atoms with van der Waals surface area (Å²) in [6, 6.07) is 14.4. The average Bonchev–Trinajstić information content (AvgIpc) is 3.30. The first kappa shape index (κ1) is 22.1. The number of nitrogens with zero attached hydrogens (tertiary/aromatic N) is 4. The quantitative estimate of drug-likeness (QED) is 0.566. The van der Waals surface area contributed by atoms with Crippen LogP contribution < -0.4 is 0 Å². The Balaban J connectivity index is 1.30. The smallest absolute Gasteiger partial charge is 0.244 e. The first-order valence-electron chi connectivity index (χ1n) is 11.1. The lowest BCUT2D eigenvalue weighted by molar-refractivity contribution is -0.133. The van der Waals surface area contributed by atoms with Gasteiger partial charge in [-0.3, -0.25) is 9.69 Å². The van der Waals surface area contributed by atoms with Crippen LogP contribution in [-0.4, -0.2) is 52.0 Å². The Morgan fingerprint density at radius 1 is 1.03 bits per heavy atom. The third kappa shape index (κ3) is 5.05. The summed E-state index contributed by atoms with van der Waals surface area (Å²) in [5.41, 5.74) is 3.10. The van der Waals surface area contributed by atoms with Crippen molar-refractivity contribution in [3.63, 3.8) is 0 Å². The fraction of sp³-hybridized carbons (Fsp3) is 0.400. The number of amides is 1. The first-order valence-corrected chi connectivity index (χ1v) is 11.1. The third-order valence-electron chi connectivity index (χ3n) is 6.24. The van der Waals surface area contributed by atoms with Crippen LogP contribution in [0.2, 0.25) is 0 Å². The minimum Gasteiger partial charge on any atom is -0.340 e. The fourth-order valence-corrected chi connectivity index (χ4v) is 4.04. The van der Waals surface area contributed by atoms with Gasteiger partial charge in [-0.1, -0.05) is 54.0 Å². The lowest BCUT2D eigenvalue weighted by Gasteiger charge is -2.37. The number of aryl methyl sites for hydroxylation is 1. The van der Waals surface area contributed by atoms with Crippen molar-refractivity contribution in [1.29, 1.82) is 0 Å². The van der Waals surface area contributed by atoms with Crippen LogP contribution in [0.1, 0.15) is 49.2 Å². The molecule has 168 valence electrons. The van der Waals surface area contributed by atoms with Gasteiger partial charge in [-0.15, -0.1) is 0 Å². The molecule has 0 radical (unpaired) electrons. The van der Waals surface area contributed by atoms with Gasteiger partial charge >= 0.3 is 0 Å². The Hall–Kier alpha value is -3.06. The molecule has 1 amide bonds. The summed E-state index contributed by atoms with van der Waals surface area (Å²) < 4.78 is 18.7. The van der Waals surface area contributed by atoms with Gasteiger partial charge in [-0.2, -0.15) is 4.98 Å². The number of aromatic nitrogens is 2. The van der Waals surface area contributed by atoms with Crippen molar-refractivity contribution in [2.45, 2.75) is 39.2 Å². The highest BCUT2D eigenvalue weighted by molar-refractivity contribution is 5.77. The zero-order valence-electron chi connectivity index (χ0n) is 18.8. The Morgan fingerprint density at radius 2 is 1.69 bits per heavy atom. The van der Waals surface area contributed by atoms with Gasteiger partial charge in [-0.25, -0.2) is 4.39 Å². The van der Waals surface area contributed by atoms with Crippen LogP contribution in [0.4, 0.5) is 4.39 Å². The van der Waals surface area contributed by atoms with Crippen molar-refractivity contribution < 1.29 is 13.7 Å². The van der Waals surface area contributed by atoms with E-state index in [4.69, 9.17) is 4.52 Å². The Labute approximate surface area is 188 Å². The van der Waals surface area contributed by atoms with Gasteiger partial charge in [0.15, 0.2) is 0 Å². The second-order valence-corrected chi connectivity index (χ2v) is 8.57. The molecule has 3 aromatic rings. The summed E-state index contributed by atoms with van der Waals surface area (Å²) in [7, 11) is 0. The van der Waals surface area contributed by atoms with Gasteiger partial charge in [0.1, 0.15) is 5.82 Å². The molecule has 4 rings (SSSR count). The van der Waals surface area contributed by atoms with Crippen LogP contribution in [0.5, 0.6) is 0 Å². The van der Waals surface area contributed by atoms with Crippen LogP contribution in [0.25, 0.3) is 11.4 Å². The van der Waals surface area contributed by atoms with Crippen LogP contribution >= 0.6 is 0 Å². The zero-order valence-corrected chi connectivity index (χ0v) is 18.8. The zero-order chi connectivity index (χ0) is 22.7. The van der Waals surface area contributed by atoms with Crippen LogP contribution in [0.15, 0.2) is 53.1 Å². The van der Waals surface area contributed by atoms with E-state index in [-0.39, 0.29) is 23.7 Å². The van der Waals surface area contributed by atoms with E-state index in [0.29, 0.717) is 31.2 Å². The van der Waals surface area contributed by atoms with Crippen molar-refractivity contribution >= 4 is 5.91 Å². The maximum Gasteiger partial charge on any atom is 0.244 e. The highest BCUT2D eigenvalue weighted by Crippen LogP contribution is 2.25. The number of halogens is 1. The lowest BCUT2D eigenvalue weighted by atomic mass is 9.97. The molecule has 0 saturated carbocycles. The molecule has 2 aromatic carbocycles. The maximum atomic E-state index is 13.1. The molecule has 1 saturated heterocycles. The van der Waals surface area contributed by atoms with Crippen molar-refractivity contribution in [2.75, 3.05) is 26.2 Å². The van der Waals surface area contributed by atoms with Gasteiger partial charge in [0, 0.05) is 38.2 Å². The first-order chi connectivity index (χ1) is 15.4. The highest BCUT2D eigenvalue weighted by Gasteiger charge is 2.28. The SMILES string of the molecule is Cc1ccc(-c2noc(C(C)N3CCN(C(=O)CC(C)c4ccc(F)cc4)CC3)n2)cc1. The summed E-state index contributed by atoms with van der Waals surface area (Å²) in [5, 5.41) is 4.14. The van der Waals surface area contributed by atoms with Crippen LogP contribution in [-0.2, 0) is 4.79 Å². The van der Waals surface area contributed by atoms with E-state index in [1.165, 1.54) is 17.7 Å². The number of rotatable bonds is 6. The highest BCUT2D eigenvalue weighted by atomic mass is 19.1. The van der Waals surface area contributed by atoms with Crippen molar-refractivity contribution in [2.24, 2.45) is 0 Å². The monoisotopic (exact) mass is 436 g/mol. The lowest BCUT2D eigenvalue weighted by Crippen LogP contribution is -2.49. The topological polar surface area (TPSA) is 62.5 Å². The fourth-order valence-electron chi connectivity index (χ4n) is 4.04. The molecular weight excluding hydrogens is 407 g/mol. The average molecular weight is 437 g/mol. The Kier molecular flexibility index (Phi) is 6.65. The summed E-state index contributed by atoms with van der Waals surface area (Å²) >= 11 is 0.